The molecule has 58 heavy (non-hydrogen) atoms. The monoisotopic (exact) mass is 826 g/mol. The molecule has 344 valence electrons. The number of hydrogen-bond acceptors (Lipinski definition) is 8. The van der Waals surface area contributed by atoms with Crippen LogP contribution < -0.4 is 5.32 Å². The van der Waals surface area contributed by atoms with Crippen LogP contribution in [0.4, 0.5) is 0 Å². The molecule has 0 aromatic heterocycles. The molecule has 1 saturated heterocycles. The first-order valence-corrected chi connectivity index (χ1v) is 24.9. The Kier molecular flexibility index (Phi) is 37.9. The van der Waals surface area contributed by atoms with Crippen molar-refractivity contribution < 1.29 is 39.8 Å². The summed E-state index contributed by atoms with van der Waals surface area (Å²) in [5.74, 6) is -0.142. The molecule has 0 aromatic rings. The zero-order chi connectivity index (χ0) is 42.3. The standard InChI is InChI=1S/C49H95NO8/c1-3-5-7-9-11-13-15-17-18-19-20-21-22-23-24-25-26-27-29-31-33-35-37-39-45(53)50-42(41-57-49-48(56)47(55)46(54)44(40-51)58-49)43(52)38-36-34-32-30-28-16-14-12-10-8-6-4-2/h17-18,42-44,46-49,51-52,54-56H,3-16,19-41H2,1-2H3,(H,50,53)/b18-17+/t42-,43+,44-,46-,47?,48?,49-/m0/s1. The molecule has 6 N–H and O–H groups in total. The maximum Gasteiger partial charge on any atom is 0.220 e. The molecular formula is C49H95NO8. The van der Waals surface area contributed by atoms with Crippen LogP contribution in [0.3, 0.4) is 0 Å². The molecule has 0 saturated carbocycles. The van der Waals surface area contributed by atoms with Crippen molar-refractivity contribution in [2.24, 2.45) is 0 Å². The lowest BCUT2D eigenvalue weighted by Crippen LogP contribution is -2.60. The lowest BCUT2D eigenvalue weighted by molar-refractivity contribution is -0.302. The smallest absolute Gasteiger partial charge is 0.220 e. The van der Waals surface area contributed by atoms with Crippen molar-refractivity contribution in [3.63, 3.8) is 0 Å². The molecule has 9 heteroatoms. The Morgan fingerprint density at radius 1 is 0.569 bits per heavy atom. The summed E-state index contributed by atoms with van der Waals surface area (Å²) < 4.78 is 11.3. The minimum atomic E-state index is -1.55. The number of carbonyl (C=O) groups is 1. The van der Waals surface area contributed by atoms with E-state index in [4.69, 9.17) is 9.47 Å². The van der Waals surface area contributed by atoms with Gasteiger partial charge in [0.15, 0.2) is 6.29 Å². The molecule has 1 rings (SSSR count). The minimum absolute atomic E-state index is 0.134. The summed E-state index contributed by atoms with van der Waals surface area (Å²) in [6.45, 7) is 3.84. The van der Waals surface area contributed by atoms with Gasteiger partial charge in [-0.05, 0) is 38.5 Å². The van der Waals surface area contributed by atoms with Gasteiger partial charge < -0.3 is 40.3 Å². The Morgan fingerprint density at radius 2 is 0.966 bits per heavy atom. The number of allylic oxidation sites excluding steroid dienone is 2. The van der Waals surface area contributed by atoms with Gasteiger partial charge in [-0.3, -0.25) is 4.79 Å². The Labute approximate surface area is 356 Å². The number of carbonyl (C=O) groups excluding carboxylic acids is 1. The summed E-state index contributed by atoms with van der Waals surface area (Å²) in [5.41, 5.74) is 0. The maximum atomic E-state index is 13.0. The predicted octanol–water partition coefficient (Wildman–Crippen LogP) is 10.9. The molecular weight excluding hydrogens is 731 g/mol. The van der Waals surface area contributed by atoms with Gasteiger partial charge in [0.1, 0.15) is 24.4 Å². The van der Waals surface area contributed by atoms with Gasteiger partial charge in [-0.2, -0.15) is 0 Å². The molecule has 0 bridgehead atoms. The Hall–Kier alpha value is -1.07. The topological polar surface area (TPSA) is 149 Å². The largest absolute Gasteiger partial charge is 0.394 e. The summed E-state index contributed by atoms with van der Waals surface area (Å²) >= 11 is 0. The van der Waals surface area contributed by atoms with Gasteiger partial charge in [0.25, 0.3) is 0 Å². The Bertz CT molecular complexity index is 919. The fourth-order valence-corrected chi connectivity index (χ4v) is 8.10. The highest BCUT2D eigenvalue weighted by molar-refractivity contribution is 5.76. The summed E-state index contributed by atoms with van der Waals surface area (Å²) in [7, 11) is 0. The van der Waals surface area contributed by atoms with Crippen molar-refractivity contribution in [2.45, 2.75) is 281 Å². The molecule has 0 aliphatic carbocycles. The van der Waals surface area contributed by atoms with Crippen LogP contribution >= 0.6 is 0 Å². The van der Waals surface area contributed by atoms with Crippen LogP contribution in [0.2, 0.25) is 0 Å². The van der Waals surface area contributed by atoms with Crippen LogP contribution in [0.15, 0.2) is 12.2 Å². The van der Waals surface area contributed by atoms with Gasteiger partial charge >= 0.3 is 0 Å². The molecule has 0 radical (unpaired) electrons. The van der Waals surface area contributed by atoms with Crippen molar-refractivity contribution in [2.75, 3.05) is 13.2 Å². The van der Waals surface area contributed by atoms with Gasteiger partial charge in [-0.25, -0.2) is 0 Å². The van der Waals surface area contributed by atoms with Crippen molar-refractivity contribution >= 4 is 5.91 Å². The molecule has 1 fully saturated rings. The third-order valence-electron chi connectivity index (χ3n) is 12.1. The van der Waals surface area contributed by atoms with Crippen LogP contribution in [0.1, 0.15) is 239 Å². The van der Waals surface area contributed by atoms with E-state index in [0.29, 0.717) is 12.8 Å². The zero-order valence-corrected chi connectivity index (χ0v) is 37.8. The molecule has 7 atom stereocenters. The molecule has 1 amide bonds. The average Bonchev–Trinajstić information content (AvgIpc) is 3.22. The number of rotatable bonds is 42. The second kappa shape index (κ2) is 40.0. The Morgan fingerprint density at radius 3 is 1.40 bits per heavy atom. The van der Waals surface area contributed by atoms with E-state index in [-0.39, 0.29) is 12.5 Å². The lowest BCUT2D eigenvalue weighted by atomic mass is 9.99. The van der Waals surface area contributed by atoms with Gasteiger partial charge in [0.2, 0.25) is 5.91 Å². The highest BCUT2D eigenvalue weighted by Gasteiger charge is 2.44. The van der Waals surface area contributed by atoms with Crippen molar-refractivity contribution in [3.05, 3.63) is 12.2 Å². The molecule has 1 aliphatic rings. The second-order valence-corrected chi connectivity index (χ2v) is 17.6. The molecule has 1 heterocycles. The third-order valence-corrected chi connectivity index (χ3v) is 12.1. The quantitative estimate of drug-likeness (QED) is 0.0263. The predicted molar refractivity (Wildman–Crippen MR) is 240 cm³/mol. The molecule has 2 unspecified atom stereocenters. The number of hydrogen-bond donors (Lipinski definition) is 6. The van der Waals surface area contributed by atoms with E-state index in [0.717, 1.165) is 38.5 Å². The molecule has 0 spiro atoms. The summed E-state index contributed by atoms with van der Waals surface area (Å²) in [6.07, 6.45) is 39.4. The van der Waals surface area contributed by atoms with Crippen molar-refractivity contribution in [3.8, 4) is 0 Å². The van der Waals surface area contributed by atoms with Gasteiger partial charge in [-0.1, -0.05) is 206 Å². The number of aliphatic hydroxyl groups excluding tert-OH is 5. The summed E-state index contributed by atoms with van der Waals surface area (Å²) in [4.78, 5) is 13.0. The normalized spacial score (nSPS) is 20.8. The number of amides is 1. The van der Waals surface area contributed by atoms with E-state index >= 15 is 0 Å². The van der Waals surface area contributed by atoms with E-state index in [1.807, 2.05) is 0 Å². The first-order valence-electron chi connectivity index (χ1n) is 24.9. The van der Waals surface area contributed by atoms with Crippen LogP contribution in [0.5, 0.6) is 0 Å². The third kappa shape index (κ3) is 30.0. The van der Waals surface area contributed by atoms with Crippen LogP contribution in [0, 0.1) is 0 Å². The van der Waals surface area contributed by atoms with E-state index < -0.39 is 49.5 Å². The number of ether oxygens (including phenoxy) is 2. The van der Waals surface area contributed by atoms with Crippen LogP contribution in [0.25, 0.3) is 0 Å². The van der Waals surface area contributed by atoms with Gasteiger partial charge in [-0.15, -0.1) is 0 Å². The molecule has 1 aliphatic heterocycles. The van der Waals surface area contributed by atoms with Crippen LogP contribution in [-0.4, -0.2) is 87.5 Å². The van der Waals surface area contributed by atoms with Crippen molar-refractivity contribution in [1.82, 2.24) is 5.32 Å². The number of unbranched alkanes of at least 4 members (excludes halogenated alkanes) is 30. The van der Waals surface area contributed by atoms with Crippen molar-refractivity contribution in [1.29, 1.82) is 0 Å². The van der Waals surface area contributed by atoms with E-state index in [2.05, 4.69) is 31.3 Å². The van der Waals surface area contributed by atoms with Gasteiger partial charge in [0.05, 0.1) is 25.4 Å². The van der Waals surface area contributed by atoms with Gasteiger partial charge in [0, 0.05) is 6.42 Å². The maximum absolute atomic E-state index is 13.0. The minimum Gasteiger partial charge on any atom is -0.394 e. The SMILES string of the molecule is CCCCCCCC/C=C/CCCCCCCCCCCCCCCC(=O)N[C@@H](CO[C@H]1O[C@@H](CO)[C@H](O)C(O)C1O)[C@H](O)CCCCCCCCCCCCCC. The summed E-state index contributed by atoms with van der Waals surface area (Å²) in [6, 6.07) is -0.714. The van der Waals surface area contributed by atoms with E-state index in [1.165, 1.54) is 173 Å². The molecule has 9 nitrogen and oxygen atoms in total. The zero-order valence-electron chi connectivity index (χ0n) is 37.8. The summed E-state index contributed by atoms with van der Waals surface area (Å²) in [5, 5.41) is 54.4. The fourth-order valence-electron chi connectivity index (χ4n) is 8.10. The first kappa shape index (κ1) is 54.9. The van der Waals surface area contributed by atoms with E-state index in [9.17, 15) is 30.3 Å². The fraction of sp³-hybridized carbons (Fsp3) is 0.939. The first-order chi connectivity index (χ1) is 28.3. The lowest BCUT2D eigenvalue weighted by Gasteiger charge is -2.40. The number of aliphatic hydroxyl groups is 5. The average molecular weight is 826 g/mol. The highest BCUT2D eigenvalue weighted by Crippen LogP contribution is 2.23. The highest BCUT2D eigenvalue weighted by atomic mass is 16.7. The molecule has 0 aromatic carbocycles. The van der Waals surface area contributed by atoms with E-state index in [1.54, 1.807) is 0 Å². The second-order valence-electron chi connectivity index (χ2n) is 17.6. The number of nitrogens with one attached hydrogen (secondary N) is 1. The Balaban J connectivity index is 2.22. The van der Waals surface area contributed by atoms with Crippen LogP contribution in [-0.2, 0) is 14.3 Å².